The van der Waals surface area contributed by atoms with Crippen molar-refractivity contribution in [1.82, 2.24) is 19.5 Å². The van der Waals surface area contributed by atoms with Gasteiger partial charge in [-0.15, -0.1) is 0 Å². The van der Waals surface area contributed by atoms with Gasteiger partial charge in [-0.05, 0) is 24.3 Å². The number of halogens is 5. The second-order valence-electron chi connectivity index (χ2n) is 5.81. The Morgan fingerprint density at radius 1 is 1.10 bits per heavy atom. The summed E-state index contributed by atoms with van der Waals surface area (Å²) in [5.74, 6) is -4.31. The molecule has 3 aromatic heterocycles. The second kappa shape index (κ2) is 6.65. The van der Waals surface area contributed by atoms with E-state index in [1.165, 1.54) is 28.9 Å². The Balaban J connectivity index is 1.61. The number of alkyl halides is 3. The number of rotatable bonds is 3. The molecule has 0 radical (unpaired) electrons. The van der Waals surface area contributed by atoms with Crippen molar-refractivity contribution in [1.29, 1.82) is 0 Å². The fraction of sp³-hybridized carbons (Fsp3) is 0.0588. The van der Waals surface area contributed by atoms with Gasteiger partial charge in [0, 0.05) is 24.0 Å². The zero-order valence-corrected chi connectivity index (χ0v) is 14.0. The molecular weight excluding hydrogens is 401 g/mol. The first kappa shape index (κ1) is 18.5. The molecule has 29 heavy (non-hydrogen) atoms. The molecule has 0 atom stereocenters. The van der Waals surface area contributed by atoms with Crippen LogP contribution in [0.1, 0.15) is 16.4 Å². The number of aromatic nitrogens is 4. The number of amides is 1. The first-order chi connectivity index (χ1) is 13.7. The van der Waals surface area contributed by atoms with Crippen LogP contribution < -0.4 is 5.32 Å². The first-order valence-corrected chi connectivity index (χ1v) is 7.87. The maximum absolute atomic E-state index is 13.7. The molecule has 0 saturated carbocycles. The molecule has 12 heteroatoms. The number of carbonyl (C=O) groups is 1. The third-order valence-corrected chi connectivity index (χ3v) is 3.80. The van der Waals surface area contributed by atoms with Crippen LogP contribution in [0.2, 0.25) is 0 Å². The van der Waals surface area contributed by atoms with Crippen LogP contribution in [0, 0.1) is 11.6 Å². The van der Waals surface area contributed by atoms with Crippen LogP contribution in [0.3, 0.4) is 0 Å². The minimum atomic E-state index is -4.77. The molecular formula is C17H8F5N5O2. The van der Waals surface area contributed by atoms with E-state index in [0.29, 0.717) is 6.07 Å². The molecule has 3 heterocycles. The number of fused-ring (bicyclic) bond motifs is 1. The maximum atomic E-state index is 13.7. The van der Waals surface area contributed by atoms with E-state index >= 15 is 0 Å². The summed E-state index contributed by atoms with van der Waals surface area (Å²) in [6, 6.07) is 5.41. The van der Waals surface area contributed by atoms with Gasteiger partial charge in [0.05, 0.1) is 5.69 Å². The lowest BCUT2D eigenvalue weighted by Crippen LogP contribution is -2.13. The van der Waals surface area contributed by atoms with Gasteiger partial charge in [0.2, 0.25) is 5.82 Å². The Morgan fingerprint density at radius 3 is 2.59 bits per heavy atom. The van der Waals surface area contributed by atoms with Crippen molar-refractivity contribution in [3.8, 4) is 11.4 Å². The quantitative estimate of drug-likeness (QED) is 0.518. The molecule has 0 aliphatic carbocycles. The third kappa shape index (κ3) is 3.63. The largest absolute Gasteiger partial charge is 0.471 e. The van der Waals surface area contributed by atoms with Crippen LogP contribution in [0.5, 0.6) is 0 Å². The van der Waals surface area contributed by atoms with E-state index in [9.17, 15) is 26.7 Å². The number of pyridine rings is 1. The van der Waals surface area contributed by atoms with Gasteiger partial charge in [0.1, 0.15) is 23.0 Å². The van der Waals surface area contributed by atoms with Crippen LogP contribution in [0.4, 0.5) is 27.6 Å². The highest BCUT2D eigenvalue weighted by Gasteiger charge is 2.38. The third-order valence-electron chi connectivity index (χ3n) is 3.80. The smallest absolute Gasteiger partial charge is 0.329 e. The molecule has 4 aromatic rings. The number of benzene rings is 1. The van der Waals surface area contributed by atoms with Crippen molar-refractivity contribution in [3.63, 3.8) is 0 Å². The predicted molar refractivity (Wildman–Crippen MR) is 87.8 cm³/mol. The zero-order chi connectivity index (χ0) is 20.8. The van der Waals surface area contributed by atoms with Gasteiger partial charge in [-0.1, -0.05) is 5.16 Å². The minimum absolute atomic E-state index is 0.102. The standard InChI is InChI=1S/C17H8F5N5O2/c18-9-1-2-11(10(19)6-9)24-15(28)12-7-27-4-3-8(5-13(27)23-12)14-25-16(29-26-14)17(20,21)22/h1-7H,(H,24,28). The average Bonchev–Trinajstić information content (AvgIpc) is 3.29. The van der Waals surface area contributed by atoms with Crippen LogP contribution in [-0.2, 0) is 6.18 Å². The van der Waals surface area contributed by atoms with Crippen molar-refractivity contribution in [2.45, 2.75) is 6.18 Å². The molecule has 1 N–H and O–H groups in total. The highest BCUT2D eigenvalue weighted by Crippen LogP contribution is 2.29. The zero-order valence-electron chi connectivity index (χ0n) is 14.0. The number of anilines is 1. The van der Waals surface area contributed by atoms with Crippen LogP contribution >= 0.6 is 0 Å². The van der Waals surface area contributed by atoms with E-state index in [-0.39, 0.29) is 28.4 Å². The van der Waals surface area contributed by atoms with Crippen molar-refractivity contribution in [2.75, 3.05) is 5.32 Å². The Morgan fingerprint density at radius 2 is 1.90 bits per heavy atom. The maximum Gasteiger partial charge on any atom is 0.471 e. The fourth-order valence-electron chi connectivity index (χ4n) is 2.46. The molecule has 148 valence electrons. The van der Waals surface area contributed by atoms with E-state index in [2.05, 4.69) is 25.0 Å². The topological polar surface area (TPSA) is 85.3 Å². The number of nitrogens with one attached hydrogen (secondary N) is 1. The first-order valence-electron chi connectivity index (χ1n) is 7.87. The van der Waals surface area contributed by atoms with Crippen LogP contribution in [0.25, 0.3) is 17.0 Å². The average molecular weight is 409 g/mol. The van der Waals surface area contributed by atoms with E-state index < -0.39 is 29.6 Å². The van der Waals surface area contributed by atoms with Gasteiger partial charge >= 0.3 is 12.1 Å². The summed E-state index contributed by atoms with van der Waals surface area (Å²) < 4.78 is 70.0. The molecule has 0 spiro atoms. The summed E-state index contributed by atoms with van der Waals surface area (Å²) in [5, 5.41) is 5.54. The number of hydrogen-bond donors (Lipinski definition) is 1. The van der Waals surface area contributed by atoms with Gasteiger partial charge in [-0.2, -0.15) is 18.2 Å². The molecule has 7 nitrogen and oxygen atoms in total. The van der Waals surface area contributed by atoms with Gasteiger partial charge in [0.25, 0.3) is 5.91 Å². The molecule has 0 unspecified atom stereocenters. The Hall–Kier alpha value is -3.83. The highest BCUT2D eigenvalue weighted by atomic mass is 19.4. The molecule has 1 aromatic carbocycles. The highest BCUT2D eigenvalue weighted by molar-refractivity contribution is 6.03. The van der Waals surface area contributed by atoms with Crippen molar-refractivity contribution >= 4 is 17.2 Å². The summed E-state index contributed by atoms with van der Waals surface area (Å²) in [6.45, 7) is 0. The Kier molecular flexibility index (Phi) is 4.25. The van der Waals surface area contributed by atoms with Gasteiger partial charge in [0.15, 0.2) is 0 Å². The number of carbonyl (C=O) groups excluding carboxylic acids is 1. The van der Waals surface area contributed by atoms with Crippen LogP contribution in [-0.4, -0.2) is 25.4 Å². The van der Waals surface area contributed by atoms with Gasteiger partial charge < -0.3 is 14.2 Å². The molecule has 0 saturated heterocycles. The lowest BCUT2D eigenvalue weighted by atomic mass is 10.2. The molecule has 0 fully saturated rings. The van der Waals surface area contributed by atoms with E-state index in [1.54, 1.807) is 0 Å². The van der Waals surface area contributed by atoms with Crippen molar-refractivity contribution in [2.24, 2.45) is 0 Å². The van der Waals surface area contributed by atoms with E-state index in [0.717, 1.165) is 12.1 Å². The van der Waals surface area contributed by atoms with Crippen LogP contribution in [0.15, 0.2) is 47.2 Å². The summed E-state index contributed by atoms with van der Waals surface area (Å²) in [5.41, 5.74) is 0.0417. The Labute approximate surface area is 157 Å². The number of imidazole rings is 1. The number of nitrogens with zero attached hydrogens (tertiary/aromatic N) is 4. The van der Waals surface area contributed by atoms with Crippen molar-refractivity contribution in [3.05, 3.63) is 65.9 Å². The summed E-state index contributed by atoms with van der Waals surface area (Å²) in [7, 11) is 0. The molecule has 4 rings (SSSR count). The van der Waals surface area contributed by atoms with Gasteiger partial charge in [-0.25, -0.2) is 13.8 Å². The monoisotopic (exact) mass is 409 g/mol. The van der Waals surface area contributed by atoms with E-state index in [1.807, 2.05) is 0 Å². The lowest BCUT2D eigenvalue weighted by Gasteiger charge is -2.04. The lowest BCUT2D eigenvalue weighted by molar-refractivity contribution is -0.159. The summed E-state index contributed by atoms with van der Waals surface area (Å²) in [6.07, 6.45) is -2.02. The normalized spacial score (nSPS) is 11.8. The second-order valence-corrected chi connectivity index (χ2v) is 5.81. The molecule has 0 aliphatic heterocycles. The summed E-state index contributed by atoms with van der Waals surface area (Å²) >= 11 is 0. The molecule has 0 bridgehead atoms. The number of hydrogen-bond acceptors (Lipinski definition) is 5. The molecule has 1 amide bonds. The van der Waals surface area contributed by atoms with Gasteiger partial charge in [-0.3, -0.25) is 4.79 Å². The van der Waals surface area contributed by atoms with Crippen molar-refractivity contribution < 1.29 is 31.3 Å². The minimum Gasteiger partial charge on any atom is -0.329 e. The Bertz CT molecular complexity index is 1230. The molecule has 0 aliphatic rings. The fourth-order valence-corrected chi connectivity index (χ4v) is 2.46. The SMILES string of the molecule is O=C(Nc1ccc(F)cc1F)c1cn2ccc(-c3noc(C(F)(F)F)n3)cc2n1. The summed E-state index contributed by atoms with van der Waals surface area (Å²) in [4.78, 5) is 19.6. The predicted octanol–water partition coefficient (Wildman–Crippen LogP) is 3.93. The van der Waals surface area contributed by atoms with E-state index in [4.69, 9.17) is 0 Å².